The van der Waals surface area contributed by atoms with E-state index in [0.717, 1.165) is 25.5 Å². The van der Waals surface area contributed by atoms with Crippen LogP contribution < -0.4 is 15.4 Å². The van der Waals surface area contributed by atoms with E-state index in [4.69, 9.17) is 4.98 Å². The van der Waals surface area contributed by atoms with Crippen molar-refractivity contribution in [3.8, 4) is 5.75 Å². The number of H-pyrrole nitrogens is 1. The molecule has 164 valence electrons. The summed E-state index contributed by atoms with van der Waals surface area (Å²) in [4.78, 5) is 35.6. The monoisotopic (exact) mass is 426 g/mol. The number of rotatable bonds is 4. The lowest BCUT2D eigenvalue weighted by atomic mass is 9.70. The summed E-state index contributed by atoms with van der Waals surface area (Å²) in [5.41, 5.74) is 0.912. The topological polar surface area (TPSA) is 89.5 Å². The van der Waals surface area contributed by atoms with E-state index in [9.17, 15) is 19.1 Å². The highest BCUT2D eigenvalue weighted by molar-refractivity contribution is 5.56. The Hall–Kier alpha value is -3.12. The second kappa shape index (κ2) is 8.19. The fraction of sp³-hybridized carbons (Fsp3) is 0.478. The van der Waals surface area contributed by atoms with E-state index in [-0.39, 0.29) is 11.3 Å². The number of aromatic nitrogens is 2. The van der Waals surface area contributed by atoms with Gasteiger partial charge in [-0.3, -0.25) is 9.78 Å². The van der Waals surface area contributed by atoms with Crippen LogP contribution in [-0.4, -0.2) is 47.7 Å². The summed E-state index contributed by atoms with van der Waals surface area (Å²) in [6, 6.07) is 2.66. The maximum atomic E-state index is 15.0. The van der Waals surface area contributed by atoms with Gasteiger partial charge in [0.2, 0.25) is 5.95 Å². The zero-order chi connectivity index (χ0) is 22.2. The Kier molecular flexibility index (Phi) is 5.58. The molecule has 0 atom stereocenters. The maximum Gasteiger partial charge on any atom is 0.257 e. The zero-order valence-electron chi connectivity index (χ0n) is 17.9. The first-order valence-corrected chi connectivity index (χ1v) is 10.7. The third-order valence-corrected chi connectivity index (χ3v) is 6.59. The molecule has 2 aromatic rings. The smallest absolute Gasteiger partial charge is 0.257 e. The van der Waals surface area contributed by atoms with Crippen LogP contribution in [0.3, 0.4) is 0 Å². The van der Waals surface area contributed by atoms with E-state index in [1.807, 2.05) is 29.7 Å². The second-order valence-electron chi connectivity index (χ2n) is 8.44. The van der Waals surface area contributed by atoms with Crippen molar-refractivity contribution in [3.63, 3.8) is 0 Å². The van der Waals surface area contributed by atoms with Crippen LogP contribution in [0.5, 0.6) is 5.75 Å². The molecule has 2 N–H and O–H groups in total. The summed E-state index contributed by atoms with van der Waals surface area (Å²) < 4.78 is 15.0. The number of hydrogen-bond donors (Lipinski definition) is 2. The molecule has 7 nitrogen and oxygen atoms in total. The van der Waals surface area contributed by atoms with E-state index >= 15 is 0 Å². The van der Waals surface area contributed by atoms with Gasteiger partial charge in [-0.1, -0.05) is 6.92 Å². The van der Waals surface area contributed by atoms with Gasteiger partial charge in [-0.05, 0) is 43.7 Å². The first-order valence-electron chi connectivity index (χ1n) is 10.7. The van der Waals surface area contributed by atoms with E-state index in [1.54, 1.807) is 6.07 Å². The van der Waals surface area contributed by atoms with E-state index in [1.165, 1.54) is 6.08 Å². The van der Waals surface area contributed by atoms with Gasteiger partial charge in [0.25, 0.3) is 5.56 Å². The third-order valence-electron chi connectivity index (χ3n) is 6.59. The lowest BCUT2D eigenvalue weighted by Gasteiger charge is -2.41. The van der Waals surface area contributed by atoms with Crippen LogP contribution in [0.4, 0.5) is 16.2 Å². The molecule has 0 bridgehead atoms. The van der Waals surface area contributed by atoms with Crippen LogP contribution >= 0.6 is 0 Å². The molecule has 31 heavy (non-hydrogen) atoms. The molecule has 0 spiro atoms. The first kappa shape index (κ1) is 21.1. The van der Waals surface area contributed by atoms with Crippen LogP contribution in [0, 0.1) is 5.82 Å². The Morgan fingerprint density at radius 1 is 1.32 bits per heavy atom. The van der Waals surface area contributed by atoms with Gasteiger partial charge in [-0.2, -0.15) is 4.98 Å². The molecule has 1 fully saturated rings. The largest absolute Gasteiger partial charge is 0.508 e. The van der Waals surface area contributed by atoms with Crippen LogP contribution in [0.15, 0.2) is 23.0 Å². The number of anilines is 2. The van der Waals surface area contributed by atoms with Gasteiger partial charge in [0.15, 0.2) is 0 Å². The minimum Gasteiger partial charge on any atom is -0.508 e. The predicted octanol–water partition coefficient (Wildman–Crippen LogP) is 2.49. The van der Waals surface area contributed by atoms with Gasteiger partial charge < -0.3 is 14.9 Å². The van der Waals surface area contributed by atoms with Crippen molar-refractivity contribution in [3.05, 3.63) is 51.1 Å². The SMILES string of the molecule is CCc1cc(O)cc(F)c1C1(C=C=O)CCN(c2nc3c(c(=O)[nH]2)CCCN3C)CC1. The van der Waals surface area contributed by atoms with Gasteiger partial charge in [-0.25, -0.2) is 9.18 Å². The number of fused-ring (bicyclic) bond motifs is 1. The number of phenolic OH excluding ortho intramolecular Hbond substituents is 1. The Labute approximate surface area is 180 Å². The highest BCUT2D eigenvalue weighted by Gasteiger charge is 2.39. The van der Waals surface area contributed by atoms with Gasteiger partial charge in [0.1, 0.15) is 23.3 Å². The normalized spacial score (nSPS) is 17.8. The average Bonchev–Trinajstić information content (AvgIpc) is 2.74. The van der Waals surface area contributed by atoms with Crippen LogP contribution in [0.1, 0.15) is 42.9 Å². The number of benzene rings is 1. The number of nitrogens with zero attached hydrogens (tertiary/aromatic N) is 3. The molecule has 2 aliphatic rings. The molecular weight excluding hydrogens is 399 g/mol. The number of halogens is 1. The quantitative estimate of drug-likeness (QED) is 0.731. The van der Waals surface area contributed by atoms with Gasteiger partial charge in [-0.15, -0.1) is 0 Å². The molecule has 1 saturated heterocycles. The summed E-state index contributed by atoms with van der Waals surface area (Å²) in [6.45, 7) is 3.74. The molecule has 0 radical (unpaired) electrons. The fourth-order valence-electron chi connectivity index (χ4n) is 4.95. The number of aryl methyl sites for hydroxylation is 1. The number of hydrogen-bond acceptors (Lipinski definition) is 6. The van der Waals surface area contributed by atoms with Crippen molar-refractivity contribution in [1.82, 2.24) is 9.97 Å². The number of aromatic hydroxyl groups is 1. The van der Waals surface area contributed by atoms with Gasteiger partial charge in [0.05, 0.1) is 5.56 Å². The summed E-state index contributed by atoms with van der Waals surface area (Å²) in [5.74, 6) is 2.46. The molecule has 2 aliphatic heterocycles. The summed E-state index contributed by atoms with van der Waals surface area (Å²) >= 11 is 0. The number of piperidine rings is 1. The van der Waals surface area contributed by atoms with Crippen LogP contribution in [-0.2, 0) is 23.1 Å². The number of aromatic amines is 1. The Morgan fingerprint density at radius 3 is 2.74 bits per heavy atom. The van der Waals surface area contributed by atoms with Crippen LogP contribution in [0.25, 0.3) is 0 Å². The number of carbonyl (C=O) groups excluding carboxylic acids is 1. The van der Waals surface area contributed by atoms with Crippen molar-refractivity contribution in [2.75, 3.05) is 36.5 Å². The minimum atomic E-state index is -0.813. The lowest BCUT2D eigenvalue weighted by Crippen LogP contribution is -2.44. The molecule has 1 aromatic heterocycles. The van der Waals surface area contributed by atoms with E-state index in [2.05, 4.69) is 4.98 Å². The van der Waals surface area contributed by atoms with Crippen molar-refractivity contribution in [2.24, 2.45) is 0 Å². The minimum absolute atomic E-state index is 0.117. The molecule has 4 rings (SSSR count). The molecular formula is C23H27FN4O3. The third kappa shape index (κ3) is 3.72. The van der Waals surface area contributed by atoms with Crippen molar-refractivity contribution in [2.45, 2.75) is 44.4 Å². The zero-order valence-corrected chi connectivity index (χ0v) is 17.9. The van der Waals surface area contributed by atoms with Gasteiger partial charge >= 0.3 is 0 Å². The average molecular weight is 426 g/mol. The standard InChI is InChI=1S/C23H27FN4O3/c1-3-15-13-16(30)14-18(24)19(15)23(8-12-29)6-10-28(11-7-23)22-25-20-17(21(31)26-22)5-4-9-27(20)2/h8,13-14,30H,3-7,9-11H2,1-2H3,(H,25,26,31). The maximum absolute atomic E-state index is 15.0. The summed E-state index contributed by atoms with van der Waals surface area (Å²) in [7, 11) is 1.93. The highest BCUT2D eigenvalue weighted by atomic mass is 19.1. The van der Waals surface area contributed by atoms with Crippen molar-refractivity contribution < 1.29 is 14.3 Å². The number of nitrogens with one attached hydrogen (secondary N) is 1. The molecule has 0 saturated carbocycles. The lowest BCUT2D eigenvalue weighted by molar-refractivity contribution is 0.382. The van der Waals surface area contributed by atoms with E-state index < -0.39 is 11.2 Å². The first-order chi connectivity index (χ1) is 14.9. The molecule has 8 heteroatoms. The Morgan fingerprint density at radius 2 is 2.06 bits per heavy atom. The Balaban J connectivity index is 1.67. The van der Waals surface area contributed by atoms with E-state index in [0.29, 0.717) is 60.8 Å². The highest BCUT2D eigenvalue weighted by Crippen LogP contribution is 2.41. The second-order valence-corrected chi connectivity index (χ2v) is 8.44. The fourth-order valence-corrected chi connectivity index (χ4v) is 4.95. The van der Waals surface area contributed by atoms with Crippen molar-refractivity contribution >= 4 is 17.7 Å². The van der Waals surface area contributed by atoms with Crippen molar-refractivity contribution in [1.29, 1.82) is 0 Å². The molecule has 0 unspecified atom stereocenters. The van der Waals surface area contributed by atoms with Crippen LogP contribution in [0.2, 0.25) is 0 Å². The Bertz CT molecular complexity index is 1100. The van der Waals surface area contributed by atoms with Gasteiger partial charge in [0, 0.05) is 49.8 Å². The molecule has 0 amide bonds. The summed E-state index contributed by atoms with van der Waals surface area (Å²) in [6.07, 6.45) is 4.52. The molecule has 0 aliphatic carbocycles. The summed E-state index contributed by atoms with van der Waals surface area (Å²) in [5, 5.41) is 9.81. The number of phenols is 1. The predicted molar refractivity (Wildman–Crippen MR) is 117 cm³/mol. The molecule has 3 heterocycles. The number of allylic oxidation sites excluding steroid dienone is 1. The molecule has 1 aromatic carbocycles.